The van der Waals surface area contributed by atoms with Crippen LogP contribution in [0.2, 0.25) is 0 Å². The molecule has 0 radical (unpaired) electrons. The minimum Gasteiger partial charge on any atom is -0.396 e. The third kappa shape index (κ3) is 3.43. The van der Waals surface area contributed by atoms with Crippen LogP contribution < -0.4 is 0 Å². The first kappa shape index (κ1) is 10.0. The third-order valence-electron chi connectivity index (χ3n) is 2.06. The molecular weight excluding hydrogens is 160 g/mol. The number of aliphatic hydroxyl groups is 1. The predicted molar refractivity (Wildman–Crippen MR) is 56.6 cm³/mol. The fraction of sp³-hybridized carbons (Fsp3) is 0.333. The summed E-state index contributed by atoms with van der Waals surface area (Å²) in [7, 11) is 0. The van der Waals surface area contributed by atoms with Gasteiger partial charge in [0, 0.05) is 6.61 Å². The number of unbranched alkanes of at least 4 members (excludes halogenated alkanes) is 1. The Morgan fingerprint density at radius 2 is 2.15 bits per heavy atom. The Bertz CT molecular complexity index is 266. The van der Waals surface area contributed by atoms with Gasteiger partial charge in [-0.15, -0.1) is 0 Å². The summed E-state index contributed by atoms with van der Waals surface area (Å²) in [6.45, 7) is 4.02. The van der Waals surface area contributed by atoms with Crippen molar-refractivity contribution < 1.29 is 5.11 Å². The van der Waals surface area contributed by atoms with Crippen LogP contribution in [0.5, 0.6) is 0 Å². The maximum atomic E-state index is 8.63. The molecule has 70 valence electrons. The zero-order valence-corrected chi connectivity index (χ0v) is 7.87. The van der Waals surface area contributed by atoms with Gasteiger partial charge >= 0.3 is 0 Å². The van der Waals surface area contributed by atoms with Gasteiger partial charge in [-0.2, -0.15) is 0 Å². The van der Waals surface area contributed by atoms with E-state index in [4.69, 9.17) is 5.11 Å². The van der Waals surface area contributed by atoms with Crippen molar-refractivity contribution in [2.45, 2.75) is 19.3 Å². The summed E-state index contributed by atoms with van der Waals surface area (Å²) >= 11 is 0. The van der Waals surface area contributed by atoms with Gasteiger partial charge in [-0.25, -0.2) is 0 Å². The van der Waals surface area contributed by atoms with Gasteiger partial charge in [0.1, 0.15) is 0 Å². The molecule has 0 aliphatic carbocycles. The Balaban J connectivity index is 2.51. The van der Waals surface area contributed by atoms with Gasteiger partial charge < -0.3 is 5.11 Å². The minimum atomic E-state index is 0.293. The largest absolute Gasteiger partial charge is 0.396 e. The number of benzene rings is 1. The number of hydrogen-bond donors (Lipinski definition) is 1. The maximum Gasteiger partial charge on any atom is 0.0431 e. The van der Waals surface area contributed by atoms with E-state index < -0.39 is 0 Å². The van der Waals surface area contributed by atoms with E-state index in [1.54, 1.807) is 0 Å². The topological polar surface area (TPSA) is 20.2 Å². The Morgan fingerprint density at radius 1 is 1.31 bits per heavy atom. The average molecular weight is 176 g/mol. The number of hydrogen-bond acceptors (Lipinski definition) is 1. The molecule has 1 aromatic rings. The van der Waals surface area contributed by atoms with Crippen molar-refractivity contribution in [2.24, 2.45) is 0 Å². The van der Waals surface area contributed by atoms with Crippen LogP contribution in [0, 0.1) is 0 Å². The lowest BCUT2D eigenvalue weighted by atomic mass is 10.1. The molecular formula is C12H16O. The summed E-state index contributed by atoms with van der Waals surface area (Å²) in [5, 5.41) is 8.63. The molecule has 0 amide bonds. The first-order valence-corrected chi connectivity index (χ1v) is 4.69. The van der Waals surface area contributed by atoms with Crippen LogP contribution in [0.1, 0.15) is 24.0 Å². The molecule has 0 heterocycles. The van der Waals surface area contributed by atoms with Crippen LogP contribution in [0.15, 0.2) is 30.8 Å². The van der Waals surface area contributed by atoms with Gasteiger partial charge in [0.05, 0.1) is 0 Å². The molecule has 13 heavy (non-hydrogen) atoms. The lowest BCUT2D eigenvalue weighted by Gasteiger charge is -2.01. The lowest BCUT2D eigenvalue weighted by Crippen LogP contribution is -1.88. The summed E-state index contributed by atoms with van der Waals surface area (Å²) in [5.74, 6) is 0. The van der Waals surface area contributed by atoms with E-state index in [2.05, 4.69) is 18.7 Å². The van der Waals surface area contributed by atoms with Crippen LogP contribution in [-0.4, -0.2) is 11.7 Å². The van der Waals surface area contributed by atoms with E-state index in [1.165, 1.54) is 11.1 Å². The standard InChI is InChI=1S/C12H16O/c1-2-11-7-5-8-12(10-11)6-3-4-9-13/h2,5,7-8,10,13H,1,3-4,6,9H2. The molecule has 0 spiro atoms. The van der Waals surface area contributed by atoms with Crippen LogP contribution in [0.3, 0.4) is 0 Å². The molecule has 0 saturated carbocycles. The number of rotatable bonds is 5. The molecule has 0 aromatic heterocycles. The normalized spacial score (nSPS) is 9.92. The summed E-state index contributed by atoms with van der Waals surface area (Å²) in [6.07, 6.45) is 4.84. The fourth-order valence-corrected chi connectivity index (χ4v) is 1.32. The van der Waals surface area contributed by atoms with Gasteiger partial charge in [-0.1, -0.05) is 36.9 Å². The van der Waals surface area contributed by atoms with Crippen LogP contribution >= 0.6 is 0 Å². The van der Waals surface area contributed by atoms with Crippen LogP contribution in [0.4, 0.5) is 0 Å². The molecule has 1 nitrogen and oxygen atoms in total. The van der Waals surface area contributed by atoms with Crippen molar-refractivity contribution in [2.75, 3.05) is 6.61 Å². The summed E-state index contributed by atoms with van der Waals surface area (Å²) in [4.78, 5) is 0. The Hall–Kier alpha value is -1.08. The summed E-state index contributed by atoms with van der Waals surface area (Å²) in [6, 6.07) is 8.35. The zero-order chi connectivity index (χ0) is 9.52. The van der Waals surface area contributed by atoms with Crippen molar-refractivity contribution in [3.8, 4) is 0 Å². The number of aryl methyl sites for hydroxylation is 1. The van der Waals surface area contributed by atoms with Crippen molar-refractivity contribution >= 4 is 6.08 Å². The van der Waals surface area contributed by atoms with Gasteiger partial charge in [-0.3, -0.25) is 0 Å². The Kier molecular flexibility index (Phi) is 4.27. The van der Waals surface area contributed by atoms with Gasteiger partial charge in [-0.05, 0) is 30.4 Å². The molecule has 0 bridgehead atoms. The average Bonchev–Trinajstić information content (AvgIpc) is 2.19. The third-order valence-corrected chi connectivity index (χ3v) is 2.06. The zero-order valence-electron chi connectivity index (χ0n) is 7.87. The van der Waals surface area contributed by atoms with Crippen LogP contribution in [0.25, 0.3) is 6.08 Å². The van der Waals surface area contributed by atoms with Gasteiger partial charge in [0.2, 0.25) is 0 Å². The van der Waals surface area contributed by atoms with E-state index in [-0.39, 0.29) is 0 Å². The molecule has 0 fully saturated rings. The van der Waals surface area contributed by atoms with Crippen molar-refractivity contribution in [1.82, 2.24) is 0 Å². The predicted octanol–water partition coefficient (Wildman–Crippen LogP) is 2.64. The van der Waals surface area contributed by atoms with Crippen molar-refractivity contribution in [3.63, 3.8) is 0 Å². The molecule has 1 rings (SSSR count). The monoisotopic (exact) mass is 176 g/mol. The highest BCUT2D eigenvalue weighted by molar-refractivity contribution is 5.47. The van der Waals surface area contributed by atoms with E-state index in [0.717, 1.165) is 19.3 Å². The molecule has 1 N–H and O–H groups in total. The summed E-state index contributed by atoms with van der Waals surface area (Å²) in [5.41, 5.74) is 2.49. The molecule has 1 aromatic carbocycles. The highest BCUT2D eigenvalue weighted by Crippen LogP contribution is 2.09. The Labute approximate surface area is 79.7 Å². The van der Waals surface area contributed by atoms with E-state index in [9.17, 15) is 0 Å². The quantitative estimate of drug-likeness (QED) is 0.684. The molecule has 0 aliphatic rings. The molecule has 1 heteroatoms. The van der Waals surface area contributed by atoms with Crippen molar-refractivity contribution in [3.05, 3.63) is 42.0 Å². The first-order chi connectivity index (χ1) is 6.36. The highest BCUT2D eigenvalue weighted by Gasteiger charge is 1.93. The summed E-state index contributed by atoms with van der Waals surface area (Å²) < 4.78 is 0. The second-order valence-electron chi connectivity index (χ2n) is 3.13. The van der Waals surface area contributed by atoms with Gasteiger partial charge in [0.25, 0.3) is 0 Å². The first-order valence-electron chi connectivity index (χ1n) is 4.69. The molecule has 0 saturated heterocycles. The maximum absolute atomic E-state index is 8.63. The SMILES string of the molecule is C=Cc1cccc(CCCCO)c1. The van der Waals surface area contributed by atoms with Crippen LogP contribution in [-0.2, 0) is 6.42 Å². The van der Waals surface area contributed by atoms with Crippen molar-refractivity contribution in [1.29, 1.82) is 0 Å². The Morgan fingerprint density at radius 3 is 2.85 bits per heavy atom. The van der Waals surface area contributed by atoms with E-state index in [0.29, 0.717) is 6.61 Å². The minimum absolute atomic E-state index is 0.293. The molecule has 0 atom stereocenters. The lowest BCUT2D eigenvalue weighted by molar-refractivity contribution is 0.284. The molecule has 0 aliphatic heterocycles. The number of aliphatic hydroxyl groups excluding tert-OH is 1. The van der Waals surface area contributed by atoms with E-state index >= 15 is 0 Å². The second-order valence-corrected chi connectivity index (χ2v) is 3.13. The van der Waals surface area contributed by atoms with Gasteiger partial charge in [0.15, 0.2) is 0 Å². The second kappa shape index (κ2) is 5.55. The van der Waals surface area contributed by atoms with E-state index in [1.807, 2.05) is 18.2 Å². The highest BCUT2D eigenvalue weighted by atomic mass is 16.2. The molecule has 0 unspecified atom stereocenters. The fourth-order valence-electron chi connectivity index (χ4n) is 1.32. The smallest absolute Gasteiger partial charge is 0.0431 e.